The first-order chi connectivity index (χ1) is 10.6. The lowest BCUT2D eigenvalue weighted by Crippen LogP contribution is -2.50. The van der Waals surface area contributed by atoms with Crippen LogP contribution in [0.4, 0.5) is 9.59 Å². The molecule has 0 aromatic carbocycles. The lowest BCUT2D eigenvalue weighted by molar-refractivity contribution is -0.111. The first kappa shape index (κ1) is 19.9. The highest BCUT2D eigenvalue weighted by Crippen LogP contribution is 2.37. The van der Waals surface area contributed by atoms with Crippen LogP contribution >= 0.6 is 0 Å². The molecule has 0 bridgehead atoms. The fraction of sp³-hybridized carbons (Fsp3) is 0.867. The predicted molar refractivity (Wildman–Crippen MR) is 89.3 cm³/mol. The third-order valence-corrected chi connectivity index (χ3v) is 8.67. The Hall–Kier alpha value is -1.12. The molecular formula is C15H30N2O5Si. The number of nitrogens with zero attached hydrogens (tertiary/aromatic N) is 2. The van der Waals surface area contributed by atoms with Crippen molar-refractivity contribution in [3.05, 3.63) is 0 Å². The summed E-state index contributed by atoms with van der Waals surface area (Å²) in [6.45, 7) is 11.4. The minimum atomic E-state index is -2.24. The van der Waals surface area contributed by atoms with E-state index < -0.39 is 20.5 Å². The molecule has 0 aromatic heterocycles. The van der Waals surface area contributed by atoms with E-state index in [-0.39, 0.29) is 11.8 Å². The van der Waals surface area contributed by atoms with Crippen molar-refractivity contribution in [1.82, 2.24) is 9.96 Å². The van der Waals surface area contributed by atoms with Crippen molar-refractivity contribution >= 4 is 20.5 Å². The highest BCUT2D eigenvalue weighted by atomic mass is 28.4. The standard InChI is InChI=1S/C15H30N2O5Si/c1-15(2,3)23(5,6)22-17(12-20-4)14(19)21-13(18)16-10-8-7-9-11-16/h7-12H2,1-6H3. The maximum Gasteiger partial charge on any atom is 0.444 e. The summed E-state index contributed by atoms with van der Waals surface area (Å²) in [5.74, 6) is 0. The molecule has 0 unspecified atom stereocenters. The minimum Gasteiger partial charge on any atom is -0.362 e. The highest BCUT2D eigenvalue weighted by Gasteiger charge is 2.41. The van der Waals surface area contributed by atoms with E-state index in [0.717, 1.165) is 24.3 Å². The second-order valence-corrected chi connectivity index (χ2v) is 12.0. The summed E-state index contributed by atoms with van der Waals surface area (Å²) in [4.78, 5) is 25.9. The maximum absolute atomic E-state index is 12.3. The van der Waals surface area contributed by atoms with E-state index >= 15 is 0 Å². The first-order valence-corrected chi connectivity index (χ1v) is 11.0. The average molecular weight is 347 g/mol. The Bertz CT molecular complexity index is 417. The van der Waals surface area contributed by atoms with Gasteiger partial charge in [-0.05, 0) is 37.4 Å². The van der Waals surface area contributed by atoms with Crippen molar-refractivity contribution in [2.24, 2.45) is 0 Å². The van der Waals surface area contributed by atoms with Crippen LogP contribution in [0.3, 0.4) is 0 Å². The van der Waals surface area contributed by atoms with Gasteiger partial charge in [-0.2, -0.15) is 5.06 Å². The van der Waals surface area contributed by atoms with Crippen LogP contribution in [0.5, 0.6) is 0 Å². The summed E-state index contributed by atoms with van der Waals surface area (Å²) in [5.41, 5.74) is 0. The number of ether oxygens (including phenoxy) is 2. The number of methoxy groups -OCH3 is 1. The number of likely N-dealkylation sites (tertiary alicyclic amines) is 1. The van der Waals surface area contributed by atoms with Gasteiger partial charge < -0.3 is 18.9 Å². The second-order valence-electron chi connectivity index (χ2n) is 7.33. The van der Waals surface area contributed by atoms with Crippen molar-refractivity contribution in [1.29, 1.82) is 0 Å². The van der Waals surface area contributed by atoms with Gasteiger partial charge in [-0.1, -0.05) is 20.8 Å². The van der Waals surface area contributed by atoms with Gasteiger partial charge in [-0.15, -0.1) is 0 Å². The lowest BCUT2D eigenvalue weighted by Gasteiger charge is -2.38. The van der Waals surface area contributed by atoms with Gasteiger partial charge in [-0.25, -0.2) is 9.59 Å². The molecule has 0 spiro atoms. The predicted octanol–water partition coefficient (Wildman–Crippen LogP) is 3.57. The number of piperidine rings is 1. The van der Waals surface area contributed by atoms with Crippen molar-refractivity contribution in [3.8, 4) is 0 Å². The first-order valence-electron chi connectivity index (χ1n) is 8.05. The Balaban J connectivity index is 2.68. The van der Waals surface area contributed by atoms with Crippen molar-refractivity contribution < 1.29 is 23.6 Å². The molecule has 0 aromatic rings. The molecule has 1 aliphatic heterocycles. The Kier molecular flexibility index (Phi) is 7.03. The van der Waals surface area contributed by atoms with E-state index in [0.29, 0.717) is 13.1 Å². The minimum absolute atomic E-state index is 0.0847. The van der Waals surface area contributed by atoms with Crippen LogP contribution in [0.15, 0.2) is 0 Å². The van der Waals surface area contributed by atoms with Gasteiger partial charge in [0, 0.05) is 20.2 Å². The Morgan fingerprint density at radius 2 is 1.70 bits per heavy atom. The molecule has 1 heterocycles. The van der Waals surface area contributed by atoms with Crippen LogP contribution < -0.4 is 0 Å². The zero-order valence-corrected chi connectivity index (χ0v) is 16.2. The lowest BCUT2D eigenvalue weighted by atomic mass is 10.1. The van der Waals surface area contributed by atoms with Crippen LogP contribution in [0.2, 0.25) is 18.1 Å². The summed E-state index contributed by atoms with van der Waals surface area (Å²) in [5, 5.41) is 0.926. The SMILES string of the molecule is COCN(O[Si](C)(C)C(C)(C)C)C(=O)OC(=O)N1CCCCC1. The highest BCUT2D eigenvalue weighted by molar-refractivity contribution is 6.74. The van der Waals surface area contributed by atoms with Gasteiger partial charge in [0.1, 0.15) is 6.73 Å². The van der Waals surface area contributed by atoms with Crippen molar-refractivity contribution in [2.45, 2.75) is 58.2 Å². The number of hydrogen-bond acceptors (Lipinski definition) is 5. The number of hydrogen-bond donors (Lipinski definition) is 0. The summed E-state index contributed by atoms with van der Waals surface area (Å²) in [6.07, 6.45) is 1.53. The number of hydroxylamine groups is 2. The van der Waals surface area contributed by atoms with Gasteiger partial charge in [0.05, 0.1) is 0 Å². The quantitative estimate of drug-likeness (QED) is 0.337. The molecule has 0 radical (unpaired) electrons. The Labute approximate surface area is 139 Å². The monoisotopic (exact) mass is 346 g/mol. The zero-order valence-electron chi connectivity index (χ0n) is 15.2. The summed E-state index contributed by atoms with van der Waals surface area (Å²) in [6, 6.07) is 0. The number of carbonyl (C=O) groups excluding carboxylic acids is 2. The average Bonchev–Trinajstić information content (AvgIpc) is 2.46. The van der Waals surface area contributed by atoms with E-state index in [1.165, 1.54) is 7.11 Å². The number of rotatable bonds is 4. The topological polar surface area (TPSA) is 68.3 Å². The fourth-order valence-corrected chi connectivity index (χ4v) is 2.86. The molecule has 0 saturated carbocycles. The molecule has 1 aliphatic rings. The van der Waals surface area contributed by atoms with Crippen LogP contribution in [0.1, 0.15) is 40.0 Å². The van der Waals surface area contributed by atoms with Crippen LogP contribution in [0.25, 0.3) is 0 Å². The normalized spacial score (nSPS) is 16.2. The maximum atomic E-state index is 12.3. The Morgan fingerprint density at radius 3 is 2.17 bits per heavy atom. The van der Waals surface area contributed by atoms with Gasteiger partial charge in [-0.3, -0.25) is 0 Å². The van der Waals surface area contributed by atoms with Gasteiger partial charge in [0.2, 0.25) is 8.32 Å². The molecule has 0 aliphatic carbocycles. The third-order valence-electron chi connectivity index (χ3n) is 4.38. The molecule has 7 nitrogen and oxygen atoms in total. The molecule has 134 valence electrons. The molecule has 1 rings (SSSR count). The largest absolute Gasteiger partial charge is 0.444 e. The number of amides is 2. The molecule has 8 heteroatoms. The fourth-order valence-electron chi connectivity index (χ4n) is 1.91. The zero-order chi connectivity index (χ0) is 17.7. The van der Waals surface area contributed by atoms with E-state index in [1.807, 2.05) is 13.1 Å². The van der Waals surface area contributed by atoms with E-state index in [1.54, 1.807) is 4.90 Å². The smallest absolute Gasteiger partial charge is 0.362 e. The van der Waals surface area contributed by atoms with Gasteiger partial charge in [0.15, 0.2) is 0 Å². The number of carbonyl (C=O) groups is 2. The molecule has 1 fully saturated rings. The van der Waals surface area contributed by atoms with Gasteiger partial charge >= 0.3 is 12.2 Å². The summed E-state index contributed by atoms with van der Waals surface area (Å²) in [7, 11) is -0.778. The van der Waals surface area contributed by atoms with E-state index in [4.69, 9.17) is 14.0 Å². The summed E-state index contributed by atoms with van der Waals surface area (Å²) < 4.78 is 15.9. The molecule has 0 N–H and O–H groups in total. The third kappa shape index (κ3) is 5.78. The Morgan fingerprint density at radius 1 is 1.13 bits per heavy atom. The van der Waals surface area contributed by atoms with Crippen LogP contribution in [-0.4, -0.2) is 57.4 Å². The second kappa shape index (κ2) is 8.12. The van der Waals surface area contributed by atoms with E-state index in [2.05, 4.69) is 20.8 Å². The van der Waals surface area contributed by atoms with Crippen molar-refractivity contribution in [2.75, 3.05) is 26.9 Å². The van der Waals surface area contributed by atoms with Crippen LogP contribution in [0, 0.1) is 0 Å². The van der Waals surface area contributed by atoms with Gasteiger partial charge in [0.25, 0.3) is 0 Å². The molecule has 0 atom stereocenters. The molecular weight excluding hydrogens is 316 g/mol. The molecule has 2 amide bonds. The molecule has 1 saturated heterocycles. The van der Waals surface area contributed by atoms with Crippen LogP contribution in [-0.2, 0) is 14.0 Å². The van der Waals surface area contributed by atoms with Crippen molar-refractivity contribution in [3.63, 3.8) is 0 Å². The summed E-state index contributed by atoms with van der Waals surface area (Å²) >= 11 is 0. The molecule has 23 heavy (non-hydrogen) atoms. The van der Waals surface area contributed by atoms with E-state index in [9.17, 15) is 9.59 Å².